The smallest absolute Gasteiger partial charge is 0.404 e. The Labute approximate surface area is 159 Å². The topological polar surface area (TPSA) is 95.9 Å². The maximum atomic E-state index is 13.2. The Morgan fingerprint density at radius 2 is 2.04 bits per heavy atom. The molecule has 0 radical (unpaired) electrons. The summed E-state index contributed by atoms with van der Waals surface area (Å²) in [5.74, 6) is 0.354. The summed E-state index contributed by atoms with van der Waals surface area (Å²) >= 11 is 0. The normalized spacial score (nSPS) is 18.3. The van der Waals surface area contributed by atoms with Crippen LogP contribution in [0.4, 0.5) is 4.79 Å². The standard InChI is InChI=1S/C20H28N2O5/c1-12-13(7-6-8-15(12)27-5)18(24)14-9-10-17(23)22(14)11-16(20(2,3)4)21-19(25)26/h6-8,14,16,21H,9-11H2,1-5H3,(H,25,26). The molecule has 27 heavy (non-hydrogen) atoms. The molecule has 2 unspecified atom stereocenters. The van der Waals surface area contributed by atoms with E-state index in [1.54, 1.807) is 25.3 Å². The zero-order chi connectivity index (χ0) is 20.4. The Bertz CT molecular complexity index is 738. The molecular formula is C20H28N2O5. The molecule has 1 aliphatic heterocycles. The fraction of sp³-hybridized carbons (Fsp3) is 0.550. The van der Waals surface area contributed by atoms with Gasteiger partial charge in [-0.2, -0.15) is 0 Å². The van der Waals surface area contributed by atoms with Crippen LogP contribution >= 0.6 is 0 Å². The first kappa shape index (κ1) is 20.7. The number of nitrogens with one attached hydrogen (secondary N) is 1. The number of ketones is 1. The minimum Gasteiger partial charge on any atom is -0.496 e. The Hall–Kier alpha value is -2.57. The Morgan fingerprint density at radius 3 is 2.59 bits per heavy atom. The lowest BCUT2D eigenvalue weighted by atomic mass is 9.86. The first-order valence-corrected chi connectivity index (χ1v) is 9.03. The largest absolute Gasteiger partial charge is 0.496 e. The molecule has 1 heterocycles. The van der Waals surface area contributed by atoms with Crippen LogP contribution in [0.3, 0.4) is 0 Å². The summed E-state index contributed by atoms with van der Waals surface area (Å²) < 4.78 is 5.29. The van der Waals surface area contributed by atoms with Crippen LogP contribution in [0.5, 0.6) is 5.75 Å². The molecule has 7 nitrogen and oxygen atoms in total. The second-order valence-electron chi connectivity index (χ2n) is 7.97. The lowest BCUT2D eigenvalue weighted by molar-refractivity contribution is -0.129. The van der Waals surface area contributed by atoms with Gasteiger partial charge in [-0.3, -0.25) is 9.59 Å². The first-order chi connectivity index (χ1) is 12.6. The predicted molar refractivity (Wildman–Crippen MR) is 101 cm³/mol. The molecule has 0 aliphatic carbocycles. The maximum absolute atomic E-state index is 13.2. The third-order valence-corrected chi connectivity index (χ3v) is 5.12. The van der Waals surface area contributed by atoms with Gasteiger partial charge in [0.25, 0.3) is 0 Å². The second kappa shape index (κ2) is 7.98. The van der Waals surface area contributed by atoms with Crippen molar-refractivity contribution in [3.63, 3.8) is 0 Å². The van der Waals surface area contributed by atoms with Crippen LogP contribution in [0, 0.1) is 12.3 Å². The Kier molecular flexibility index (Phi) is 6.13. The number of hydrogen-bond donors (Lipinski definition) is 2. The fourth-order valence-corrected chi connectivity index (χ4v) is 3.40. The van der Waals surface area contributed by atoms with Gasteiger partial charge in [-0.05, 0) is 24.8 Å². The van der Waals surface area contributed by atoms with Crippen LogP contribution in [0.15, 0.2) is 18.2 Å². The van der Waals surface area contributed by atoms with Crippen molar-refractivity contribution in [3.8, 4) is 5.75 Å². The lowest BCUT2D eigenvalue weighted by Gasteiger charge is -2.35. The van der Waals surface area contributed by atoms with Crippen molar-refractivity contribution in [2.45, 2.75) is 52.6 Å². The number of methoxy groups -OCH3 is 1. The molecule has 1 aliphatic rings. The molecule has 7 heteroatoms. The zero-order valence-electron chi connectivity index (χ0n) is 16.5. The van der Waals surface area contributed by atoms with Gasteiger partial charge in [0.05, 0.1) is 19.2 Å². The summed E-state index contributed by atoms with van der Waals surface area (Å²) in [5.41, 5.74) is 0.860. The van der Waals surface area contributed by atoms with Gasteiger partial charge in [0.2, 0.25) is 5.91 Å². The molecule has 1 fully saturated rings. The number of carbonyl (C=O) groups excluding carboxylic acids is 2. The van der Waals surface area contributed by atoms with Crippen molar-refractivity contribution in [2.24, 2.45) is 5.41 Å². The maximum Gasteiger partial charge on any atom is 0.404 e. The molecular weight excluding hydrogens is 348 g/mol. The number of nitrogens with zero attached hydrogens (tertiary/aromatic N) is 1. The molecule has 2 atom stereocenters. The van der Waals surface area contributed by atoms with Gasteiger partial charge in [0.15, 0.2) is 5.78 Å². The highest BCUT2D eigenvalue weighted by Gasteiger charge is 2.40. The third-order valence-electron chi connectivity index (χ3n) is 5.12. The third kappa shape index (κ3) is 4.59. The summed E-state index contributed by atoms with van der Waals surface area (Å²) in [6.07, 6.45) is -0.435. The van der Waals surface area contributed by atoms with E-state index in [2.05, 4.69) is 5.32 Å². The van der Waals surface area contributed by atoms with Gasteiger partial charge in [0.1, 0.15) is 5.75 Å². The van der Waals surface area contributed by atoms with E-state index >= 15 is 0 Å². The number of ether oxygens (including phenoxy) is 1. The first-order valence-electron chi connectivity index (χ1n) is 9.03. The van der Waals surface area contributed by atoms with Crippen molar-refractivity contribution in [1.82, 2.24) is 10.2 Å². The van der Waals surface area contributed by atoms with Gasteiger partial charge in [0, 0.05) is 24.1 Å². The molecule has 1 aromatic carbocycles. The van der Waals surface area contributed by atoms with E-state index < -0.39 is 23.6 Å². The molecule has 0 bridgehead atoms. The zero-order valence-corrected chi connectivity index (χ0v) is 16.5. The summed E-state index contributed by atoms with van der Waals surface area (Å²) in [7, 11) is 1.55. The van der Waals surface area contributed by atoms with Crippen molar-refractivity contribution in [3.05, 3.63) is 29.3 Å². The van der Waals surface area contributed by atoms with E-state index in [9.17, 15) is 14.4 Å². The van der Waals surface area contributed by atoms with Crippen molar-refractivity contribution >= 4 is 17.8 Å². The lowest BCUT2D eigenvalue weighted by Crippen LogP contribution is -2.53. The molecule has 0 spiro atoms. The Morgan fingerprint density at radius 1 is 1.37 bits per heavy atom. The number of rotatable bonds is 6. The van der Waals surface area contributed by atoms with Crippen molar-refractivity contribution in [1.29, 1.82) is 0 Å². The average molecular weight is 376 g/mol. The van der Waals surface area contributed by atoms with Crippen LogP contribution in [0.25, 0.3) is 0 Å². The molecule has 1 saturated heterocycles. The second-order valence-corrected chi connectivity index (χ2v) is 7.97. The summed E-state index contributed by atoms with van der Waals surface area (Å²) in [6, 6.07) is 4.19. The van der Waals surface area contributed by atoms with E-state index in [0.29, 0.717) is 17.7 Å². The van der Waals surface area contributed by atoms with Gasteiger partial charge in [-0.1, -0.05) is 32.9 Å². The fourth-order valence-electron chi connectivity index (χ4n) is 3.40. The number of carbonyl (C=O) groups is 3. The molecule has 2 rings (SSSR count). The number of carboxylic acid groups (broad SMARTS) is 1. The highest BCUT2D eigenvalue weighted by Crippen LogP contribution is 2.29. The van der Waals surface area contributed by atoms with Gasteiger partial charge < -0.3 is 20.1 Å². The van der Waals surface area contributed by atoms with Crippen molar-refractivity contribution in [2.75, 3.05) is 13.7 Å². The van der Waals surface area contributed by atoms with Crippen LogP contribution in [0.1, 0.15) is 49.5 Å². The highest BCUT2D eigenvalue weighted by atomic mass is 16.5. The molecule has 1 aromatic rings. The SMILES string of the molecule is COc1cccc(C(=O)C2CCC(=O)N2CC(NC(=O)O)C(C)(C)C)c1C. The number of likely N-dealkylation sites (tertiary alicyclic amines) is 1. The monoisotopic (exact) mass is 376 g/mol. The van der Waals surface area contributed by atoms with Crippen LogP contribution in [-0.4, -0.2) is 53.5 Å². The quantitative estimate of drug-likeness (QED) is 0.744. The number of Topliss-reactive ketones (excluding diaryl/α,β-unsaturated/α-hetero) is 1. The van der Waals surface area contributed by atoms with E-state index in [-0.39, 0.29) is 24.7 Å². The Balaban J connectivity index is 2.30. The van der Waals surface area contributed by atoms with Crippen LogP contribution in [-0.2, 0) is 4.79 Å². The number of benzene rings is 1. The van der Waals surface area contributed by atoms with E-state index in [0.717, 1.165) is 5.56 Å². The van der Waals surface area contributed by atoms with Gasteiger partial charge in [-0.15, -0.1) is 0 Å². The minimum atomic E-state index is -1.15. The van der Waals surface area contributed by atoms with E-state index in [1.807, 2.05) is 27.7 Å². The molecule has 2 amide bonds. The van der Waals surface area contributed by atoms with Gasteiger partial charge in [-0.25, -0.2) is 4.79 Å². The van der Waals surface area contributed by atoms with Gasteiger partial charge >= 0.3 is 6.09 Å². The van der Waals surface area contributed by atoms with Crippen LogP contribution in [0.2, 0.25) is 0 Å². The molecule has 0 aromatic heterocycles. The summed E-state index contributed by atoms with van der Waals surface area (Å²) in [6.45, 7) is 7.68. The number of hydrogen-bond acceptors (Lipinski definition) is 4. The average Bonchev–Trinajstić information content (AvgIpc) is 2.93. The van der Waals surface area contributed by atoms with Crippen LogP contribution < -0.4 is 10.1 Å². The van der Waals surface area contributed by atoms with Crippen molar-refractivity contribution < 1.29 is 24.2 Å². The highest BCUT2D eigenvalue weighted by molar-refractivity contribution is 6.04. The molecule has 0 saturated carbocycles. The van der Waals surface area contributed by atoms with E-state index in [1.165, 1.54) is 4.90 Å². The number of amides is 2. The van der Waals surface area contributed by atoms with E-state index in [4.69, 9.17) is 9.84 Å². The summed E-state index contributed by atoms with van der Waals surface area (Å²) in [5, 5.41) is 11.6. The summed E-state index contributed by atoms with van der Waals surface area (Å²) in [4.78, 5) is 38.3. The minimum absolute atomic E-state index is 0.129. The molecule has 2 N–H and O–H groups in total. The predicted octanol–water partition coefficient (Wildman–Crippen LogP) is 2.86. The molecule has 148 valence electrons.